The van der Waals surface area contributed by atoms with Crippen molar-refractivity contribution in [3.8, 4) is 0 Å². The van der Waals surface area contributed by atoms with Crippen molar-refractivity contribution in [3.05, 3.63) is 45.4 Å². The molecule has 1 heterocycles. The van der Waals surface area contributed by atoms with E-state index < -0.39 is 0 Å². The Bertz CT molecular complexity index is 682. The van der Waals surface area contributed by atoms with Crippen LogP contribution in [0.4, 0.5) is 5.13 Å². The van der Waals surface area contributed by atoms with Crippen LogP contribution in [0.25, 0.3) is 0 Å². The summed E-state index contributed by atoms with van der Waals surface area (Å²) < 4.78 is 0. The van der Waals surface area contributed by atoms with Gasteiger partial charge in [-0.2, -0.15) is 0 Å². The number of nitrogens with one attached hydrogen (secondary N) is 1. The van der Waals surface area contributed by atoms with E-state index in [4.69, 9.17) is 16.8 Å². The van der Waals surface area contributed by atoms with Crippen molar-refractivity contribution < 1.29 is 10.0 Å². The maximum Gasteiger partial charge on any atom is 0.258 e. The number of aromatic nitrogens is 1. The van der Waals surface area contributed by atoms with Gasteiger partial charge >= 0.3 is 0 Å². The second-order valence-corrected chi connectivity index (χ2v) is 5.43. The summed E-state index contributed by atoms with van der Waals surface area (Å²) in [6.45, 7) is 3.52. The van der Waals surface area contributed by atoms with E-state index >= 15 is 0 Å². The number of carbonyl (C=O) groups excluding carboxylic acids is 1. The van der Waals surface area contributed by atoms with Gasteiger partial charge in [0.15, 0.2) is 5.13 Å². The van der Waals surface area contributed by atoms with Crippen LogP contribution in [0.15, 0.2) is 28.7 Å². The van der Waals surface area contributed by atoms with Crippen LogP contribution < -0.4 is 5.32 Å². The third kappa shape index (κ3) is 3.15. The molecule has 104 valence electrons. The van der Waals surface area contributed by atoms with Gasteiger partial charge in [-0.25, -0.2) is 4.98 Å². The predicted molar refractivity (Wildman–Crippen MR) is 80.3 cm³/mol. The van der Waals surface area contributed by atoms with Crippen molar-refractivity contribution in [1.82, 2.24) is 4.98 Å². The lowest BCUT2D eigenvalue weighted by Gasteiger charge is -2.04. The fourth-order valence-corrected chi connectivity index (χ4v) is 2.59. The molecule has 0 radical (unpaired) electrons. The van der Waals surface area contributed by atoms with Crippen molar-refractivity contribution in [3.63, 3.8) is 0 Å². The first-order valence-electron chi connectivity index (χ1n) is 5.73. The van der Waals surface area contributed by atoms with Gasteiger partial charge in [-0.1, -0.05) is 22.8 Å². The molecular formula is C13H12ClN3O2S. The lowest BCUT2D eigenvalue weighted by Crippen LogP contribution is -2.12. The maximum atomic E-state index is 12.1. The Kier molecular flexibility index (Phi) is 4.36. The molecule has 0 aliphatic rings. The first-order valence-corrected chi connectivity index (χ1v) is 6.99. The van der Waals surface area contributed by atoms with Gasteiger partial charge in [0.25, 0.3) is 5.91 Å². The zero-order chi connectivity index (χ0) is 14.7. The van der Waals surface area contributed by atoms with Crippen LogP contribution in [0.2, 0.25) is 5.02 Å². The van der Waals surface area contributed by atoms with E-state index in [2.05, 4.69) is 15.5 Å². The predicted octanol–water partition coefficient (Wildman–Crippen LogP) is 3.56. The van der Waals surface area contributed by atoms with E-state index in [0.29, 0.717) is 27.1 Å². The van der Waals surface area contributed by atoms with Crippen LogP contribution in [-0.2, 0) is 0 Å². The van der Waals surface area contributed by atoms with Crippen molar-refractivity contribution in [2.75, 3.05) is 5.32 Å². The summed E-state index contributed by atoms with van der Waals surface area (Å²) in [6, 6.07) is 5.21. The summed E-state index contributed by atoms with van der Waals surface area (Å²) in [4.78, 5) is 16.2. The van der Waals surface area contributed by atoms with Crippen molar-refractivity contribution in [2.24, 2.45) is 5.16 Å². The number of hydrogen-bond donors (Lipinski definition) is 2. The number of nitrogens with zero attached hydrogens (tertiary/aromatic N) is 2. The maximum absolute atomic E-state index is 12.1. The summed E-state index contributed by atoms with van der Waals surface area (Å²) >= 11 is 7.29. The van der Waals surface area contributed by atoms with Gasteiger partial charge in [0.05, 0.1) is 10.6 Å². The SMILES string of the molecule is C/C(=N/O)c1csc(NC(=O)c2ccc(C)cc2Cl)n1. The van der Waals surface area contributed by atoms with Gasteiger partial charge in [0.2, 0.25) is 0 Å². The third-order valence-electron chi connectivity index (χ3n) is 2.61. The second-order valence-electron chi connectivity index (χ2n) is 4.16. The Morgan fingerprint density at radius 2 is 2.25 bits per heavy atom. The molecule has 0 saturated heterocycles. The molecule has 0 fully saturated rings. The van der Waals surface area contributed by atoms with E-state index in [1.807, 2.05) is 13.0 Å². The van der Waals surface area contributed by atoms with Crippen LogP contribution in [0.3, 0.4) is 0 Å². The molecule has 0 unspecified atom stereocenters. The number of carbonyl (C=O) groups is 1. The van der Waals surface area contributed by atoms with Crippen LogP contribution >= 0.6 is 22.9 Å². The van der Waals surface area contributed by atoms with Gasteiger partial charge in [0, 0.05) is 5.38 Å². The number of halogens is 1. The fourth-order valence-electron chi connectivity index (χ4n) is 1.52. The third-order valence-corrected chi connectivity index (χ3v) is 3.68. The molecule has 2 rings (SSSR count). The Hall–Kier alpha value is -1.92. The highest BCUT2D eigenvalue weighted by atomic mass is 35.5. The molecular weight excluding hydrogens is 298 g/mol. The van der Waals surface area contributed by atoms with E-state index in [9.17, 15) is 4.79 Å². The highest BCUT2D eigenvalue weighted by Crippen LogP contribution is 2.21. The molecule has 1 aromatic carbocycles. The molecule has 7 heteroatoms. The second kappa shape index (κ2) is 6.02. The first kappa shape index (κ1) is 14.5. The minimum absolute atomic E-state index is 0.325. The van der Waals surface area contributed by atoms with Crippen LogP contribution in [0, 0.1) is 6.92 Å². The first-order chi connectivity index (χ1) is 9.51. The number of benzene rings is 1. The molecule has 0 bridgehead atoms. The Balaban J connectivity index is 2.17. The molecule has 0 atom stereocenters. The number of anilines is 1. The molecule has 5 nitrogen and oxygen atoms in total. The minimum atomic E-state index is -0.325. The largest absolute Gasteiger partial charge is 0.411 e. The summed E-state index contributed by atoms with van der Waals surface area (Å²) in [6.07, 6.45) is 0. The normalized spacial score (nSPS) is 11.4. The van der Waals surface area contributed by atoms with Gasteiger partial charge < -0.3 is 5.21 Å². The zero-order valence-electron chi connectivity index (χ0n) is 10.8. The smallest absolute Gasteiger partial charge is 0.258 e. The Morgan fingerprint density at radius 1 is 1.50 bits per heavy atom. The van der Waals surface area contributed by atoms with Gasteiger partial charge in [-0.15, -0.1) is 11.3 Å². The van der Waals surface area contributed by atoms with Crippen LogP contribution in [-0.4, -0.2) is 21.8 Å². The van der Waals surface area contributed by atoms with Crippen LogP contribution in [0.5, 0.6) is 0 Å². The molecule has 0 aliphatic heterocycles. The molecule has 0 saturated carbocycles. The van der Waals surface area contributed by atoms with E-state index in [-0.39, 0.29) is 5.91 Å². The topological polar surface area (TPSA) is 74.6 Å². The van der Waals surface area contributed by atoms with Gasteiger partial charge in [0.1, 0.15) is 11.4 Å². The highest BCUT2D eigenvalue weighted by molar-refractivity contribution is 7.14. The molecule has 0 spiro atoms. The van der Waals surface area contributed by atoms with Crippen molar-refractivity contribution >= 4 is 39.7 Å². The number of rotatable bonds is 3. The number of amides is 1. The zero-order valence-corrected chi connectivity index (χ0v) is 12.4. The lowest BCUT2D eigenvalue weighted by atomic mass is 10.1. The number of oxime groups is 1. The fraction of sp³-hybridized carbons (Fsp3) is 0.154. The minimum Gasteiger partial charge on any atom is -0.411 e. The van der Waals surface area contributed by atoms with E-state index in [1.165, 1.54) is 11.3 Å². The van der Waals surface area contributed by atoms with E-state index in [0.717, 1.165) is 5.56 Å². The number of hydrogen-bond acceptors (Lipinski definition) is 5. The number of aryl methyl sites for hydroxylation is 1. The average molecular weight is 310 g/mol. The van der Waals surface area contributed by atoms with E-state index in [1.54, 1.807) is 24.4 Å². The standard InChI is InChI=1S/C13H12ClN3O2S/c1-7-3-4-9(10(14)5-7)12(18)16-13-15-11(6-20-13)8(2)17-19/h3-6,19H,1-2H3,(H,15,16,18)/b17-8-. The number of thiazole rings is 1. The molecule has 20 heavy (non-hydrogen) atoms. The molecule has 1 amide bonds. The van der Waals surface area contributed by atoms with Gasteiger partial charge in [-0.3, -0.25) is 10.1 Å². The van der Waals surface area contributed by atoms with Gasteiger partial charge in [-0.05, 0) is 31.5 Å². The summed E-state index contributed by atoms with van der Waals surface area (Å²) in [5, 5.41) is 16.9. The lowest BCUT2D eigenvalue weighted by molar-refractivity contribution is 0.102. The summed E-state index contributed by atoms with van der Waals surface area (Å²) in [7, 11) is 0. The Morgan fingerprint density at radius 3 is 2.90 bits per heavy atom. The average Bonchev–Trinajstić information content (AvgIpc) is 2.86. The Labute approximate surface area is 124 Å². The summed E-state index contributed by atoms with van der Waals surface area (Å²) in [5.74, 6) is -0.325. The molecule has 1 aromatic heterocycles. The quantitative estimate of drug-likeness (QED) is 0.517. The molecule has 2 aromatic rings. The van der Waals surface area contributed by atoms with Crippen molar-refractivity contribution in [2.45, 2.75) is 13.8 Å². The molecule has 2 N–H and O–H groups in total. The monoisotopic (exact) mass is 309 g/mol. The van der Waals surface area contributed by atoms with Crippen molar-refractivity contribution in [1.29, 1.82) is 0 Å². The highest BCUT2D eigenvalue weighted by Gasteiger charge is 2.13. The van der Waals surface area contributed by atoms with Crippen LogP contribution in [0.1, 0.15) is 28.5 Å². The summed E-state index contributed by atoms with van der Waals surface area (Å²) in [5.41, 5.74) is 2.28. The molecule has 0 aliphatic carbocycles.